The van der Waals surface area contributed by atoms with Crippen LogP contribution in [0.4, 0.5) is 5.69 Å². The Morgan fingerprint density at radius 3 is 2.81 bits per heavy atom. The molecule has 1 aliphatic heterocycles. The van der Waals surface area contributed by atoms with Gasteiger partial charge in [0.2, 0.25) is 5.91 Å². The van der Waals surface area contributed by atoms with Gasteiger partial charge in [0.15, 0.2) is 0 Å². The van der Waals surface area contributed by atoms with Crippen LogP contribution in [0.1, 0.15) is 24.1 Å². The average molecular weight is 282 g/mol. The van der Waals surface area contributed by atoms with Crippen LogP contribution in [-0.4, -0.2) is 12.5 Å². The van der Waals surface area contributed by atoms with Crippen LogP contribution in [0.5, 0.6) is 11.5 Å². The third-order valence-electron chi connectivity index (χ3n) is 3.59. The first-order valence-electron chi connectivity index (χ1n) is 7.10. The number of nitrogens with one attached hydrogen (secondary N) is 2. The van der Waals surface area contributed by atoms with Crippen molar-refractivity contribution in [1.29, 1.82) is 0 Å². The van der Waals surface area contributed by atoms with E-state index in [0.717, 1.165) is 34.9 Å². The van der Waals surface area contributed by atoms with Crippen LogP contribution in [0.25, 0.3) is 0 Å². The molecule has 4 nitrogen and oxygen atoms in total. The van der Waals surface area contributed by atoms with Crippen molar-refractivity contribution >= 4 is 11.6 Å². The second kappa shape index (κ2) is 5.58. The number of hydrogen-bond donors (Lipinski definition) is 2. The summed E-state index contributed by atoms with van der Waals surface area (Å²) in [6.07, 6.45) is 0. The van der Waals surface area contributed by atoms with Gasteiger partial charge in [0.25, 0.3) is 0 Å². The molecule has 0 radical (unpaired) electrons. The molecule has 0 fully saturated rings. The zero-order chi connectivity index (χ0) is 14.8. The maximum absolute atomic E-state index is 11.9. The van der Waals surface area contributed by atoms with Gasteiger partial charge in [0.05, 0.1) is 0 Å². The molecule has 0 bridgehead atoms. The smallest absolute Gasteiger partial charge is 0.246 e. The number of para-hydroxylation sites is 1. The summed E-state index contributed by atoms with van der Waals surface area (Å²) in [5.41, 5.74) is 2.86. The van der Waals surface area contributed by atoms with Gasteiger partial charge in [-0.3, -0.25) is 4.79 Å². The number of rotatable bonds is 4. The lowest BCUT2D eigenvalue weighted by atomic mass is 10.1. The molecule has 2 N–H and O–H groups in total. The van der Waals surface area contributed by atoms with E-state index in [1.165, 1.54) is 0 Å². The molecule has 21 heavy (non-hydrogen) atoms. The molecule has 1 unspecified atom stereocenters. The number of hydrogen-bond acceptors (Lipinski definition) is 3. The normalized spacial score (nSPS) is 16.5. The van der Waals surface area contributed by atoms with Crippen molar-refractivity contribution in [2.45, 2.75) is 19.9 Å². The maximum atomic E-state index is 11.9. The number of carbonyl (C=O) groups is 1. The standard InChI is InChI=1S/C17H18N2O2/c1-3-18-16-13-9-8-12(10-14(13)19-17(16)20)21-15-7-5-4-6-11(15)2/h4-10,16,18H,3H2,1-2H3,(H,19,20). The summed E-state index contributed by atoms with van der Waals surface area (Å²) in [4.78, 5) is 11.9. The van der Waals surface area contributed by atoms with Gasteiger partial charge in [-0.1, -0.05) is 31.2 Å². The van der Waals surface area contributed by atoms with Crippen molar-refractivity contribution < 1.29 is 9.53 Å². The van der Waals surface area contributed by atoms with Gasteiger partial charge in [-0.05, 0) is 31.2 Å². The number of amides is 1. The molecule has 0 spiro atoms. The molecule has 0 saturated heterocycles. The van der Waals surface area contributed by atoms with Crippen LogP contribution in [0.3, 0.4) is 0 Å². The first kappa shape index (κ1) is 13.6. The molecular formula is C17H18N2O2. The summed E-state index contributed by atoms with van der Waals surface area (Å²) >= 11 is 0. The van der Waals surface area contributed by atoms with Crippen LogP contribution >= 0.6 is 0 Å². The fraction of sp³-hybridized carbons (Fsp3) is 0.235. The number of fused-ring (bicyclic) bond motifs is 1. The highest BCUT2D eigenvalue weighted by molar-refractivity contribution is 6.02. The first-order valence-corrected chi connectivity index (χ1v) is 7.10. The van der Waals surface area contributed by atoms with Crippen molar-refractivity contribution in [2.24, 2.45) is 0 Å². The zero-order valence-corrected chi connectivity index (χ0v) is 12.1. The summed E-state index contributed by atoms with van der Waals surface area (Å²) in [5.74, 6) is 1.53. The Balaban J connectivity index is 1.86. The Hall–Kier alpha value is -2.33. The lowest BCUT2D eigenvalue weighted by Crippen LogP contribution is -2.27. The molecule has 108 valence electrons. The fourth-order valence-electron chi connectivity index (χ4n) is 2.51. The fourth-order valence-corrected chi connectivity index (χ4v) is 2.51. The summed E-state index contributed by atoms with van der Waals surface area (Å²) in [6, 6.07) is 13.3. The summed E-state index contributed by atoms with van der Waals surface area (Å²) in [6.45, 7) is 4.74. The Bertz CT molecular complexity index is 682. The molecule has 1 amide bonds. The van der Waals surface area contributed by atoms with Gasteiger partial charge in [0, 0.05) is 17.3 Å². The maximum Gasteiger partial charge on any atom is 0.246 e. The van der Waals surface area contributed by atoms with E-state index in [2.05, 4.69) is 10.6 Å². The second-order valence-corrected chi connectivity index (χ2v) is 5.10. The zero-order valence-electron chi connectivity index (χ0n) is 12.1. The highest BCUT2D eigenvalue weighted by atomic mass is 16.5. The molecular weight excluding hydrogens is 264 g/mol. The molecule has 0 saturated carbocycles. The summed E-state index contributed by atoms with van der Waals surface area (Å²) < 4.78 is 5.89. The van der Waals surface area contributed by atoms with Crippen molar-refractivity contribution in [3.8, 4) is 11.5 Å². The molecule has 1 atom stereocenters. The van der Waals surface area contributed by atoms with E-state index in [1.54, 1.807) is 0 Å². The third-order valence-corrected chi connectivity index (χ3v) is 3.59. The van der Waals surface area contributed by atoms with Crippen LogP contribution in [0.15, 0.2) is 42.5 Å². The summed E-state index contributed by atoms with van der Waals surface area (Å²) in [7, 11) is 0. The van der Waals surface area contributed by atoms with Gasteiger partial charge < -0.3 is 15.4 Å². The third kappa shape index (κ3) is 2.62. The number of likely N-dealkylation sites (N-methyl/N-ethyl adjacent to an activating group) is 1. The number of anilines is 1. The predicted octanol–water partition coefficient (Wildman–Crippen LogP) is 3.39. The van der Waals surface area contributed by atoms with Crippen molar-refractivity contribution in [2.75, 3.05) is 11.9 Å². The SMILES string of the molecule is CCNC1C(=O)Nc2cc(Oc3ccccc3C)ccc21. The molecule has 1 heterocycles. The molecule has 1 aliphatic rings. The Labute approximate surface area is 124 Å². The van der Waals surface area contributed by atoms with Crippen LogP contribution in [-0.2, 0) is 4.79 Å². The van der Waals surface area contributed by atoms with E-state index >= 15 is 0 Å². The largest absolute Gasteiger partial charge is 0.457 e. The topological polar surface area (TPSA) is 50.4 Å². The molecule has 2 aromatic carbocycles. The Morgan fingerprint density at radius 1 is 1.24 bits per heavy atom. The van der Waals surface area contributed by atoms with Crippen molar-refractivity contribution in [1.82, 2.24) is 5.32 Å². The Kier molecular flexibility index (Phi) is 3.62. The van der Waals surface area contributed by atoms with Gasteiger partial charge >= 0.3 is 0 Å². The van der Waals surface area contributed by atoms with E-state index in [0.29, 0.717) is 0 Å². The van der Waals surface area contributed by atoms with E-state index < -0.39 is 0 Å². The lowest BCUT2D eigenvalue weighted by molar-refractivity contribution is -0.117. The molecule has 0 aromatic heterocycles. The van der Waals surface area contributed by atoms with Gasteiger partial charge in [-0.2, -0.15) is 0 Å². The monoisotopic (exact) mass is 282 g/mol. The number of carbonyl (C=O) groups excluding carboxylic acids is 1. The van der Waals surface area contributed by atoms with Gasteiger partial charge in [-0.25, -0.2) is 0 Å². The van der Waals surface area contributed by atoms with Gasteiger partial charge in [-0.15, -0.1) is 0 Å². The predicted molar refractivity (Wildman–Crippen MR) is 82.7 cm³/mol. The number of ether oxygens (including phenoxy) is 1. The van der Waals surface area contributed by atoms with Crippen LogP contribution in [0.2, 0.25) is 0 Å². The highest BCUT2D eigenvalue weighted by Gasteiger charge is 2.29. The molecule has 3 rings (SSSR count). The van der Waals surface area contributed by atoms with E-state index in [4.69, 9.17) is 4.74 Å². The minimum Gasteiger partial charge on any atom is -0.457 e. The molecule has 0 aliphatic carbocycles. The average Bonchev–Trinajstić information content (AvgIpc) is 2.78. The highest BCUT2D eigenvalue weighted by Crippen LogP contribution is 2.35. The van der Waals surface area contributed by atoms with Crippen LogP contribution < -0.4 is 15.4 Å². The van der Waals surface area contributed by atoms with E-state index in [1.807, 2.05) is 56.3 Å². The first-order chi connectivity index (χ1) is 10.2. The van der Waals surface area contributed by atoms with Gasteiger partial charge in [0.1, 0.15) is 17.5 Å². The molecule has 4 heteroatoms. The number of benzene rings is 2. The quantitative estimate of drug-likeness (QED) is 0.903. The van der Waals surface area contributed by atoms with E-state index in [-0.39, 0.29) is 11.9 Å². The Morgan fingerprint density at radius 2 is 2.05 bits per heavy atom. The number of aryl methyl sites for hydroxylation is 1. The molecule has 2 aromatic rings. The summed E-state index contributed by atoms with van der Waals surface area (Å²) in [5, 5.41) is 6.07. The van der Waals surface area contributed by atoms with E-state index in [9.17, 15) is 4.79 Å². The van der Waals surface area contributed by atoms with Crippen molar-refractivity contribution in [3.05, 3.63) is 53.6 Å². The van der Waals surface area contributed by atoms with Crippen molar-refractivity contribution in [3.63, 3.8) is 0 Å². The lowest BCUT2D eigenvalue weighted by Gasteiger charge is -2.11. The minimum absolute atomic E-state index is 0.0140. The second-order valence-electron chi connectivity index (χ2n) is 5.10. The van der Waals surface area contributed by atoms with Crippen LogP contribution in [0, 0.1) is 6.92 Å². The minimum atomic E-state index is -0.266.